The van der Waals surface area contributed by atoms with Crippen molar-refractivity contribution in [2.24, 2.45) is 0 Å². The number of rotatable bonds is 0. The number of H-pyrrole nitrogens is 2. The molecule has 5 heterocycles. The van der Waals surface area contributed by atoms with Crippen LogP contribution in [0.15, 0.2) is 55.1 Å². The molecule has 0 aliphatic heterocycles. The standard InChI is InChI=1S/C13H15N3.C12H14N4.2CH4/c1-13(2,3)16-12-7-9-4-5-14-11(9)6-10(12)8-15-16;1-12(2,3)16-10-6-8-4-5-13-11(8)15-9(10)7-14-16;;/h4-8,15H,1-3H3;4-7,14H,1-3H3;2*1H4. The Balaban J connectivity index is 0.000000180. The number of hydrogen-bond donors (Lipinski definition) is 2. The molecule has 0 amide bonds. The summed E-state index contributed by atoms with van der Waals surface area (Å²) < 4.78 is 4.32. The van der Waals surface area contributed by atoms with E-state index in [-0.39, 0.29) is 25.9 Å². The fraction of sp³-hybridized carbons (Fsp3) is 0.370. The first kappa shape index (κ1) is 25.0. The molecule has 6 aromatic rings. The van der Waals surface area contributed by atoms with Gasteiger partial charge in [0, 0.05) is 40.9 Å². The van der Waals surface area contributed by atoms with Gasteiger partial charge < -0.3 is 10.2 Å². The van der Waals surface area contributed by atoms with Crippen molar-refractivity contribution in [2.45, 2.75) is 67.5 Å². The Kier molecular flexibility index (Phi) is 6.35. The number of aromatic nitrogens is 7. The van der Waals surface area contributed by atoms with E-state index in [4.69, 9.17) is 0 Å². The SMILES string of the molecule is C.C.CC(C)(C)n1[nH]cc2cc3nccc3cc21.CC(C)(C)n1[nH]cc2nc3nccc3cc21. The predicted octanol–water partition coefficient (Wildman–Crippen LogP) is 7.21. The zero-order chi connectivity index (χ0) is 22.7. The molecule has 0 bridgehead atoms. The molecule has 0 aliphatic rings. The Labute approximate surface area is 201 Å². The fourth-order valence-electron chi connectivity index (χ4n) is 4.09. The zero-order valence-corrected chi connectivity index (χ0v) is 19.4. The second-order valence-corrected chi connectivity index (χ2v) is 10.2. The molecule has 1 aromatic carbocycles. The van der Waals surface area contributed by atoms with E-state index in [1.165, 1.54) is 16.3 Å². The van der Waals surface area contributed by atoms with E-state index in [2.05, 4.69) is 100 Å². The largest absolute Gasteiger partial charge is 0.304 e. The molecule has 0 unspecified atom stereocenters. The number of benzene rings is 1. The van der Waals surface area contributed by atoms with Gasteiger partial charge in [0.25, 0.3) is 0 Å². The molecular formula is C27H37N7. The second-order valence-electron chi connectivity index (χ2n) is 10.2. The first-order valence-electron chi connectivity index (χ1n) is 10.9. The Morgan fingerprint density at radius 2 is 1.24 bits per heavy atom. The van der Waals surface area contributed by atoms with Gasteiger partial charge in [-0.2, -0.15) is 0 Å². The molecule has 0 spiro atoms. The summed E-state index contributed by atoms with van der Waals surface area (Å²) in [7, 11) is 0. The highest BCUT2D eigenvalue weighted by molar-refractivity contribution is 5.95. The van der Waals surface area contributed by atoms with Crippen molar-refractivity contribution in [2.75, 3.05) is 0 Å². The van der Waals surface area contributed by atoms with Crippen LogP contribution >= 0.6 is 0 Å². The van der Waals surface area contributed by atoms with E-state index in [0.717, 1.165) is 27.6 Å². The van der Waals surface area contributed by atoms with E-state index in [0.29, 0.717) is 0 Å². The van der Waals surface area contributed by atoms with Crippen molar-refractivity contribution in [3.63, 3.8) is 0 Å². The van der Waals surface area contributed by atoms with E-state index in [1.54, 1.807) is 6.20 Å². The van der Waals surface area contributed by atoms with Crippen molar-refractivity contribution in [3.05, 3.63) is 55.1 Å². The molecule has 5 aromatic heterocycles. The third kappa shape index (κ3) is 4.30. The molecule has 7 heteroatoms. The lowest BCUT2D eigenvalue weighted by Crippen LogP contribution is -2.22. The van der Waals surface area contributed by atoms with Crippen molar-refractivity contribution in [1.29, 1.82) is 0 Å². The molecule has 7 nitrogen and oxygen atoms in total. The Bertz CT molecular complexity index is 1430. The molecular weight excluding hydrogens is 422 g/mol. The van der Waals surface area contributed by atoms with Gasteiger partial charge in [0.15, 0.2) is 5.65 Å². The fourth-order valence-corrected chi connectivity index (χ4v) is 4.09. The number of nitrogens with zero attached hydrogens (tertiary/aromatic N) is 5. The average molecular weight is 460 g/mol. The normalized spacial score (nSPS) is 11.9. The number of aromatic amines is 2. The van der Waals surface area contributed by atoms with Crippen LogP contribution in [0.1, 0.15) is 56.4 Å². The third-order valence-corrected chi connectivity index (χ3v) is 5.64. The van der Waals surface area contributed by atoms with Gasteiger partial charge >= 0.3 is 0 Å². The molecule has 0 fully saturated rings. The van der Waals surface area contributed by atoms with Crippen molar-refractivity contribution >= 4 is 43.9 Å². The lowest BCUT2D eigenvalue weighted by Gasteiger charge is -2.21. The molecule has 2 N–H and O–H groups in total. The maximum atomic E-state index is 4.51. The van der Waals surface area contributed by atoms with Crippen LogP contribution in [0.2, 0.25) is 0 Å². The highest BCUT2D eigenvalue weighted by atomic mass is 15.3. The molecule has 0 saturated carbocycles. The van der Waals surface area contributed by atoms with E-state index in [1.807, 2.05) is 24.7 Å². The van der Waals surface area contributed by atoms with Crippen LogP contribution in [-0.2, 0) is 11.1 Å². The maximum absolute atomic E-state index is 4.51. The monoisotopic (exact) mass is 459 g/mol. The average Bonchev–Trinajstić information content (AvgIpc) is 3.47. The van der Waals surface area contributed by atoms with Gasteiger partial charge in [-0.15, -0.1) is 0 Å². The summed E-state index contributed by atoms with van der Waals surface area (Å²) in [5.41, 5.74) is 5.27. The van der Waals surface area contributed by atoms with Crippen molar-refractivity contribution in [1.82, 2.24) is 34.5 Å². The highest BCUT2D eigenvalue weighted by Crippen LogP contribution is 2.26. The Hall–Kier alpha value is -3.61. The van der Waals surface area contributed by atoms with Gasteiger partial charge in [0.1, 0.15) is 5.52 Å². The van der Waals surface area contributed by atoms with E-state index < -0.39 is 0 Å². The van der Waals surface area contributed by atoms with Gasteiger partial charge in [-0.1, -0.05) is 14.9 Å². The minimum Gasteiger partial charge on any atom is -0.304 e. The highest BCUT2D eigenvalue weighted by Gasteiger charge is 2.17. The summed E-state index contributed by atoms with van der Waals surface area (Å²) in [6.45, 7) is 13.1. The predicted molar refractivity (Wildman–Crippen MR) is 144 cm³/mol. The van der Waals surface area contributed by atoms with Crippen LogP contribution in [0.3, 0.4) is 0 Å². The van der Waals surface area contributed by atoms with Gasteiger partial charge in [0.2, 0.25) is 0 Å². The smallest absolute Gasteiger partial charge is 0.160 e. The molecule has 180 valence electrons. The number of nitrogens with one attached hydrogen (secondary N) is 2. The quantitative estimate of drug-likeness (QED) is 0.252. The summed E-state index contributed by atoms with van der Waals surface area (Å²) in [4.78, 5) is 13.0. The lowest BCUT2D eigenvalue weighted by atomic mass is 10.1. The van der Waals surface area contributed by atoms with Crippen LogP contribution in [0.4, 0.5) is 0 Å². The zero-order valence-electron chi connectivity index (χ0n) is 19.4. The Morgan fingerprint density at radius 3 is 1.94 bits per heavy atom. The van der Waals surface area contributed by atoms with Gasteiger partial charge in [0.05, 0.1) is 27.6 Å². The van der Waals surface area contributed by atoms with Crippen LogP contribution < -0.4 is 0 Å². The maximum Gasteiger partial charge on any atom is 0.160 e. The summed E-state index contributed by atoms with van der Waals surface area (Å²) in [5.74, 6) is 0. The summed E-state index contributed by atoms with van der Waals surface area (Å²) in [6, 6.07) is 10.5. The van der Waals surface area contributed by atoms with Gasteiger partial charge in [-0.25, -0.2) is 9.97 Å². The molecule has 0 atom stereocenters. The minimum absolute atomic E-state index is 0. The second kappa shape index (κ2) is 8.63. The van der Waals surface area contributed by atoms with Gasteiger partial charge in [-0.05, 0) is 71.9 Å². The molecule has 34 heavy (non-hydrogen) atoms. The Morgan fingerprint density at radius 1 is 0.647 bits per heavy atom. The topological polar surface area (TPSA) is 80.1 Å². The number of pyridine rings is 1. The first-order valence-corrected chi connectivity index (χ1v) is 10.9. The summed E-state index contributed by atoms with van der Waals surface area (Å²) >= 11 is 0. The van der Waals surface area contributed by atoms with Gasteiger partial charge in [-0.3, -0.25) is 14.3 Å². The van der Waals surface area contributed by atoms with E-state index >= 15 is 0 Å². The molecule has 0 aliphatic carbocycles. The number of hydrogen-bond acceptors (Lipinski definition) is 3. The van der Waals surface area contributed by atoms with Crippen LogP contribution in [0.5, 0.6) is 0 Å². The van der Waals surface area contributed by atoms with Crippen molar-refractivity contribution in [3.8, 4) is 0 Å². The minimum atomic E-state index is 0. The third-order valence-electron chi connectivity index (χ3n) is 5.64. The summed E-state index contributed by atoms with van der Waals surface area (Å²) in [5, 5.41) is 10.0. The van der Waals surface area contributed by atoms with Crippen LogP contribution in [0.25, 0.3) is 43.9 Å². The lowest BCUT2D eigenvalue weighted by molar-refractivity contribution is 0.368. The molecule has 0 radical (unpaired) electrons. The summed E-state index contributed by atoms with van der Waals surface area (Å²) in [6.07, 6.45) is 7.61. The molecule has 0 saturated heterocycles. The molecule has 6 rings (SSSR count). The van der Waals surface area contributed by atoms with Crippen LogP contribution in [0, 0.1) is 0 Å². The number of fused-ring (bicyclic) bond motifs is 4. The van der Waals surface area contributed by atoms with Crippen LogP contribution in [-0.4, -0.2) is 34.5 Å². The first-order chi connectivity index (χ1) is 15.1. The van der Waals surface area contributed by atoms with Crippen molar-refractivity contribution < 1.29 is 0 Å². The van der Waals surface area contributed by atoms with E-state index in [9.17, 15) is 0 Å².